The lowest BCUT2D eigenvalue weighted by Crippen LogP contribution is -2.50. The summed E-state index contributed by atoms with van der Waals surface area (Å²) < 4.78 is 0. The first-order valence-corrected chi connectivity index (χ1v) is 40.0. The topological polar surface area (TPSA) is 42.6 Å². The quantitative estimate of drug-likeness (QED) is 0.0418. The Bertz CT molecular complexity index is 1500. The van der Waals surface area contributed by atoms with Crippen molar-refractivity contribution in [2.75, 3.05) is 65.4 Å². The van der Waals surface area contributed by atoms with Crippen LogP contribution in [0.5, 0.6) is 0 Å². The Balaban J connectivity index is 2.43. The van der Waals surface area contributed by atoms with E-state index in [1.165, 1.54) is 347 Å². The monoisotopic (exact) mass is 1240 g/mol. The van der Waals surface area contributed by atoms with Crippen LogP contribution in [0.1, 0.15) is 362 Å². The van der Waals surface area contributed by atoms with Crippen molar-refractivity contribution in [1.82, 2.24) is 25.8 Å². The summed E-state index contributed by atoms with van der Waals surface area (Å²) in [5.74, 6) is 0. The molecule has 5 nitrogen and oxygen atoms in total. The van der Waals surface area contributed by atoms with Crippen molar-refractivity contribution in [2.45, 2.75) is 374 Å². The third-order valence-electron chi connectivity index (χ3n) is 18.7. The third-order valence-corrected chi connectivity index (χ3v) is 18.7. The van der Waals surface area contributed by atoms with Gasteiger partial charge in [-0.25, -0.2) is 0 Å². The van der Waals surface area contributed by atoms with E-state index in [-0.39, 0.29) is 0 Å². The Morgan fingerprint density at radius 1 is 0.236 bits per heavy atom. The molecule has 1 rings (SSSR count). The Kier molecular flexibility index (Phi) is 71.2. The van der Waals surface area contributed by atoms with Gasteiger partial charge in [0.05, 0.1) is 0 Å². The minimum atomic E-state index is 0.678. The van der Waals surface area contributed by atoms with Crippen LogP contribution in [0.15, 0.2) is 97.2 Å². The second-order valence-corrected chi connectivity index (χ2v) is 27.2. The van der Waals surface area contributed by atoms with E-state index in [1.54, 1.807) is 0 Å². The Morgan fingerprint density at radius 2 is 0.461 bits per heavy atom. The molecule has 0 aromatic heterocycles. The van der Waals surface area contributed by atoms with Gasteiger partial charge in [0.25, 0.3) is 0 Å². The SMILES string of the molecule is CCCCC/C=C\C/C=C\CCCCCCCCC(CCCCCCCC/C=C\C/C=C\CCCCC)NCCNCCN1CCN(CCNC(CCCCCCCC/C=C\C/C=C\CCCCC)CCCCCCCC/C=C\C/C=C\CCCCC)CC1. The second-order valence-electron chi connectivity index (χ2n) is 27.2. The van der Waals surface area contributed by atoms with Gasteiger partial charge in [-0.1, -0.05) is 305 Å². The fourth-order valence-corrected chi connectivity index (χ4v) is 12.6. The molecule has 0 amide bonds. The molecule has 89 heavy (non-hydrogen) atoms. The van der Waals surface area contributed by atoms with Crippen LogP contribution in [-0.4, -0.2) is 87.3 Å². The summed E-state index contributed by atoms with van der Waals surface area (Å²) in [6.07, 6.45) is 108. The summed E-state index contributed by atoms with van der Waals surface area (Å²) >= 11 is 0. The van der Waals surface area contributed by atoms with E-state index >= 15 is 0 Å². The van der Waals surface area contributed by atoms with Crippen molar-refractivity contribution in [1.29, 1.82) is 0 Å². The normalized spacial score (nSPS) is 14.1. The first-order chi connectivity index (χ1) is 44.2. The van der Waals surface area contributed by atoms with E-state index in [0.717, 1.165) is 51.9 Å². The fraction of sp³-hybridized carbons (Fsp3) is 0.810. The number of nitrogens with one attached hydrogen (secondary N) is 3. The van der Waals surface area contributed by atoms with Crippen LogP contribution in [0.3, 0.4) is 0 Å². The zero-order valence-electron chi connectivity index (χ0n) is 60.6. The lowest BCUT2D eigenvalue weighted by atomic mass is 9.99. The Hall–Kier alpha value is -2.28. The van der Waals surface area contributed by atoms with Crippen LogP contribution >= 0.6 is 0 Å². The average Bonchev–Trinajstić information content (AvgIpc) is 3.60. The highest BCUT2D eigenvalue weighted by atomic mass is 15.3. The van der Waals surface area contributed by atoms with E-state index in [4.69, 9.17) is 0 Å². The van der Waals surface area contributed by atoms with E-state index in [1.807, 2.05) is 0 Å². The zero-order chi connectivity index (χ0) is 63.6. The molecule has 0 atom stereocenters. The second kappa shape index (κ2) is 74.8. The van der Waals surface area contributed by atoms with Crippen LogP contribution in [-0.2, 0) is 0 Å². The number of hydrogen-bond donors (Lipinski definition) is 3. The number of allylic oxidation sites excluding steroid dienone is 16. The van der Waals surface area contributed by atoms with Crippen LogP contribution in [0.25, 0.3) is 0 Å². The first-order valence-electron chi connectivity index (χ1n) is 40.0. The molecule has 1 aliphatic rings. The van der Waals surface area contributed by atoms with Gasteiger partial charge in [0, 0.05) is 77.5 Å². The molecule has 3 N–H and O–H groups in total. The number of unbranched alkanes of at least 4 members (excludes halogenated alkanes) is 36. The van der Waals surface area contributed by atoms with Crippen LogP contribution in [0.2, 0.25) is 0 Å². The zero-order valence-corrected chi connectivity index (χ0v) is 60.6. The molecular weight excluding hydrogens is 1080 g/mol. The molecule has 1 aliphatic heterocycles. The number of nitrogens with zero attached hydrogens (tertiary/aromatic N) is 2. The molecule has 0 bridgehead atoms. The van der Waals surface area contributed by atoms with Crippen molar-refractivity contribution in [3.63, 3.8) is 0 Å². The smallest absolute Gasteiger partial charge is 0.0110 e. The molecule has 0 aromatic rings. The number of piperazine rings is 1. The van der Waals surface area contributed by atoms with Crippen LogP contribution in [0, 0.1) is 0 Å². The van der Waals surface area contributed by atoms with Crippen LogP contribution in [0.4, 0.5) is 0 Å². The lowest BCUT2D eigenvalue weighted by molar-refractivity contribution is 0.132. The highest BCUT2D eigenvalue weighted by Gasteiger charge is 2.17. The van der Waals surface area contributed by atoms with Crippen LogP contribution < -0.4 is 16.0 Å². The molecular formula is C84H157N5. The average molecular weight is 1240 g/mol. The molecule has 0 aliphatic carbocycles. The molecule has 1 fully saturated rings. The van der Waals surface area contributed by atoms with Gasteiger partial charge >= 0.3 is 0 Å². The Labute approximate surface area is 559 Å². The third kappa shape index (κ3) is 67.0. The van der Waals surface area contributed by atoms with Gasteiger partial charge in [-0.2, -0.15) is 0 Å². The molecule has 0 spiro atoms. The van der Waals surface area contributed by atoms with Crippen molar-refractivity contribution in [3.05, 3.63) is 97.2 Å². The maximum atomic E-state index is 4.11. The molecule has 5 heteroatoms. The van der Waals surface area contributed by atoms with E-state index in [2.05, 4.69) is 151 Å². The molecule has 518 valence electrons. The first kappa shape index (κ1) is 84.7. The number of rotatable bonds is 71. The van der Waals surface area contributed by atoms with E-state index in [9.17, 15) is 0 Å². The predicted molar refractivity (Wildman–Crippen MR) is 405 cm³/mol. The molecule has 1 heterocycles. The minimum absolute atomic E-state index is 0.678. The molecule has 0 saturated carbocycles. The van der Waals surface area contributed by atoms with Gasteiger partial charge in [0.1, 0.15) is 0 Å². The fourth-order valence-electron chi connectivity index (χ4n) is 12.6. The summed E-state index contributed by atoms with van der Waals surface area (Å²) in [7, 11) is 0. The van der Waals surface area contributed by atoms with Gasteiger partial charge in [-0.3, -0.25) is 9.80 Å². The maximum Gasteiger partial charge on any atom is 0.0110 e. The van der Waals surface area contributed by atoms with Crippen molar-refractivity contribution < 1.29 is 0 Å². The lowest BCUT2D eigenvalue weighted by Gasteiger charge is -2.35. The van der Waals surface area contributed by atoms with Gasteiger partial charge in [-0.05, 0) is 154 Å². The van der Waals surface area contributed by atoms with Gasteiger partial charge in [0.15, 0.2) is 0 Å². The van der Waals surface area contributed by atoms with Crippen molar-refractivity contribution in [3.8, 4) is 0 Å². The largest absolute Gasteiger partial charge is 0.314 e. The minimum Gasteiger partial charge on any atom is -0.314 e. The van der Waals surface area contributed by atoms with Crippen molar-refractivity contribution >= 4 is 0 Å². The standard InChI is InChI=1S/C84H157N5/c1-5-9-13-17-21-25-29-33-37-41-45-49-53-57-61-65-69-83(70-66-62-58-54-50-46-42-38-34-30-26-22-18-14-10-6-2)86-74-73-85-75-77-88-79-81-89(82-80-88)78-76-87-84(71-67-63-59-55-51-47-43-39-35-31-27-23-19-15-11-7-3)72-68-64-60-56-52-48-44-40-36-32-28-24-20-16-12-8-4/h21-28,33-40,83-87H,5-20,29-32,41-82H2,1-4H3/b25-21-,26-22-,27-23-,28-24-,37-33-,38-34-,39-35-,40-36-. The summed E-state index contributed by atoms with van der Waals surface area (Å²) in [6, 6.07) is 1.37. The predicted octanol–water partition coefficient (Wildman–Crippen LogP) is 24.9. The number of hydrogen-bond acceptors (Lipinski definition) is 5. The molecule has 0 aromatic carbocycles. The summed E-state index contributed by atoms with van der Waals surface area (Å²) in [5, 5.41) is 12.0. The highest BCUT2D eigenvalue weighted by Crippen LogP contribution is 2.18. The molecule has 0 unspecified atom stereocenters. The Morgan fingerprint density at radius 3 is 0.730 bits per heavy atom. The summed E-state index contributed by atoms with van der Waals surface area (Å²) in [6.45, 7) is 20.8. The van der Waals surface area contributed by atoms with Gasteiger partial charge < -0.3 is 16.0 Å². The molecule has 0 radical (unpaired) electrons. The van der Waals surface area contributed by atoms with Crippen molar-refractivity contribution in [2.24, 2.45) is 0 Å². The van der Waals surface area contributed by atoms with Gasteiger partial charge in [-0.15, -0.1) is 0 Å². The highest BCUT2D eigenvalue weighted by molar-refractivity contribution is 4.95. The maximum absolute atomic E-state index is 4.11. The summed E-state index contributed by atoms with van der Waals surface area (Å²) in [4.78, 5) is 5.45. The van der Waals surface area contributed by atoms with Gasteiger partial charge in [0.2, 0.25) is 0 Å². The van der Waals surface area contributed by atoms with E-state index < -0.39 is 0 Å². The summed E-state index contributed by atoms with van der Waals surface area (Å²) in [5.41, 5.74) is 0. The molecule has 1 saturated heterocycles. The van der Waals surface area contributed by atoms with E-state index in [0.29, 0.717) is 12.1 Å².